The van der Waals surface area contributed by atoms with E-state index in [1.54, 1.807) is 6.07 Å². The van der Waals surface area contributed by atoms with Gasteiger partial charge in [0.25, 0.3) is 11.5 Å². The fourth-order valence-corrected chi connectivity index (χ4v) is 5.30. The monoisotopic (exact) mass is 480 g/mol. The number of hydrogen-bond acceptors (Lipinski definition) is 5. The van der Waals surface area contributed by atoms with E-state index in [1.807, 2.05) is 30.3 Å². The molecule has 0 spiro atoms. The second kappa shape index (κ2) is 9.36. The summed E-state index contributed by atoms with van der Waals surface area (Å²) in [7, 11) is 0. The lowest BCUT2D eigenvalue weighted by Gasteiger charge is -2.23. The molecule has 9 heteroatoms. The third kappa shape index (κ3) is 4.32. The number of anilines is 2. The molecule has 0 unspecified atom stereocenters. The first-order valence-electron chi connectivity index (χ1n) is 11.0. The standard InChI is InChI=1S/C25H22F2N4O2S/c26-15-6-8-20(19(27)14-15)30-22-18-7-9-21(32)31(17-4-2-1-3-5-17)25(18)34-23(22)24(33)29-16-10-12-28-13-11-16/h1-9,14,16,28,30H,10-13H2,(H,29,33). The molecule has 1 aliphatic heterocycles. The van der Waals surface area contributed by atoms with E-state index in [0.717, 1.165) is 49.4 Å². The van der Waals surface area contributed by atoms with Gasteiger partial charge in [0.05, 0.1) is 17.1 Å². The van der Waals surface area contributed by atoms with Crippen LogP contribution in [0.25, 0.3) is 15.9 Å². The molecule has 4 aromatic rings. The van der Waals surface area contributed by atoms with Gasteiger partial charge in [-0.1, -0.05) is 18.2 Å². The van der Waals surface area contributed by atoms with Crippen LogP contribution in [0.15, 0.2) is 65.5 Å². The fourth-order valence-electron chi connectivity index (χ4n) is 4.13. The topological polar surface area (TPSA) is 75.2 Å². The van der Waals surface area contributed by atoms with Crippen LogP contribution >= 0.6 is 11.3 Å². The number of pyridine rings is 1. The SMILES string of the molecule is O=C(NC1CCNCC1)c1sc2c(ccc(=O)n2-c2ccccc2)c1Nc1ccc(F)cc1F. The molecule has 1 amide bonds. The molecule has 0 radical (unpaired) electrons. The quantitative estimate of drug-likeness (QED) is 0.392. The molecular formula is C25H22F2N4O2S. The molecule has 0 atom stereocenters. The van der Waals surface area contributed by atoms with Crippen LogP contribution in [0.1, 0.15) is 22.5 Å². The Morgan fingerprint density at radius 2 is 1.79 bits per heavy atom. The van der Waals surface area contributed by atoms with Crippen molar-refractivity contribution in [2.75, 3.05) is 18.4 Å². The Balaban J connectivity index is 1.66. The average molecular weight is 481 g/mol. The van der Waals surface area contributed by atoms with Gasteiger partial charge in [-0.15, -0.1) is 11.3 Å². The molecule has 6 nitrogen and oxygen atoms in total. The minimum atomic E-state index is -0.777. The summed E-state index contributed by atoms with van der Waals surface area (Å²) in [5.41, 5.74) is 0.824. The minimum absolute atomic E-state index is 0.0192. The van der Waals surface area contributed by atoms with Crippen LogP contribution in [-0.2, 0) is 0 Å². The van der Waals surface area contributed by atoms with Crippen LogP contribution in [0.5, 0.6) is 0 Å². The number of piperidine rings is 1. The summed E-state index contributed by atoms with van der Waals surface area (Å²) in [6.45, 7) is 1.63. The number of para-hydroxylation sites is 1. The van der Waals surface area contributed by atoms with Crippen LogP contribution < -0.4 is 21.5 Å². The number of rotatable bonds is 5. The maximum Gasteiger partial charge on any atom is 0.263 e. The van der Waals surface area contributed by atoms with Gasteiger partial charge >= 0.3 is 0 Å². The molecule has 1 saturated heterocycles. The maximum absolute atomic E-state index is 14.5. The van der Waals surface area contributed by atoms with Crippen LogP contribution in [0.2, 0.25) is 0 Å². The van der Waals surface area contributed by atoms with Gasteiger partial charge in [0.15, 0.2) is 0 Å². The van der Waals surface area contributed by atoms with Crippen molar-refractivity contribution in [1.29, 1.82) is 0 Å². The summed E-state index contributed by atoms with van der Waals surface area (Å²) < 4.78 is 29.5. The largest absolute Gasteiger partial charge is 0.351 e. The average Bonchev–Trinajstić information content (AvgIpc) is 3.20. The summed E-state index contributed by atoms with van der Waals surface area (Å²) in [4.78, 5) is 27.1. The summed E-state index contributed by atoms with van der Waals surface area (Å²) in [6.07, 6.45) is 1.61. The molecule has 34 heavy (non-hydrogen) atoms. The number of nitrogens with one attached hydrogen (secondary N) is 3. The molecule has 0 bridgehead atoms. The second-order valence-electron chi connectivity index (χ2n) is 8.11. The number of nitrogens with zero attached hydrogens (tertiary/aromatic N) is 1. The maximum atomic E-state index is 14.5. The van der Waals surface area contributed by atoms with Gasteiger partial charge in [0.2, 0.25) is 0 Å². The number of amides is 1. The third-order valence-corrected chi connectivity index (χ3v) is 7.02. The number of aromatic nitrogens is 1. The molecule has 0 aliphatic carbocycles. The summed E-state index contributed by atoms with van der Waals surface area (Å²) in [5.74, 6) is -1.77. The Bertz CT molecular complexity index is 1410. The summed E-state index contributed by atoms with van der Waals surface area (Å²) in [6, 6.07) is 15.4. The van der Waals surface area contributed by atoms with Crippen molar-refractivity contribution >= 4 is 38.8 Å². The number of halogens is 2. The molecule has 2 aromatic heterocycles. The second-order valence-corrected chi connectivity index (χ2v) is 9.11. The summed E-state index contributed by atoms with van der Waals surface area (Å²) in [5, 5.41) is 9.91. The van der Waals surface area contributed by atoms with Gasteiger partial charge in [-0.3, -0.25) is 14.2 Å². The van der Waals surface area contributed by atoms with E-state index >= 15 is 0 Å². The fraction of sp³-hybridized carbons (Fsp3) is 0.200. The molecule has 3 heterocycles. The molecule has 0 saturated carbocycles. The number of fused-ring (bicyclic) bond motifs is 1. The van der Waals surface area contributed by atoms with Gasteiger partial charge in [0, 0.05) is 23.6 Å². The smallest absolute Gasteiger partial charge is 0.263 e. The lowest BCUT2D eigenvalue weighted by atomic mass is 10.1. The number of hydrogen-bond donors (Lipinski definition) is 3. The minimum Gasteiger partial charge on any atom is -0.351 e. The van der Waals surface area contributed by atoms with Crippen LogP contribution in [0.3, 0.4) is 0 Å². The molecule has 174 valence electrons. The molecule has 2 aromatic carbocycles. The Morgan fingerprint density at radius 3 is 2.53 bits per heavy atom. The van der Waals surface area contributed by atoms with Gasteiger partial charge in [-0.25, -0.2) is 8.78 Å². The number of benzene rings is 2. The highest BCUT2D eigenvalue weighted by Crippen LogP contribution is 2.38. The van der Waals surface area contributed by atoms with Crippen molar-refractivity contribution in [3.63, 3.8) is 0 Å². The highest BCUT2D eigenvalue weighted by molar-refractivity contribution is 7.21. The van der Waals surface area contributed by atoms with Crippen molar-refractivity contribution in [2.24, 2.45) is 0 Å². The molecule has 3 N–H and O–H groups in total. The Hall–Kier alpha value is -3.56. The van der Waals surface area contributed by atoms with E-state index in [2.05, 4.69) is 16.0 Å². The number of carbonyl (C=O) groups is 1. The van der Waals surface area contributed by atoms with Gasteiger partial charge in [0.1, 0.15) is 21.3 Å². The zero-order chi connectivity index (χ0) is 23.7. The summed E-state index contributed by atoms with van der Waals surface area (Å²) >= 11 is 1.16. The van der Waals surface area contributed by atoms with Crippen molar-refractivity contribution in [3.05, 3.63) is 87.5 Å². The van der Waals surface area contributed by atoms with Gasteiger partial charge < -0.3 is 16.0 Å². The Labute approximate surface area is 198 Å². The Kier molecular flexibility index (Phi) is 6.12. The van der Waals surface area contributed by atoms with E-state index in [1.165, 1.54) is 16.7 Å². The van der Waals surface area contributed by atoms with Crippen molar-refractivity contribution in [2.45, 2.75) is 18.9 Å². The zero-order valence-corrected chi connectivity index (χ0v) is 18.9. The molecular weight excluding hydrogens is 458 g/mol. The van der Waals surface area contributed by atoms with E-state index < -0.39 is 11.6 Å². The zero-order valence-electron chi connectivity index (χ0n) is 18.1. The highest BCUT2D eigenvalue weighted by atomic mass is 32.1. The predicted molar refractivity (Wildman–Crippen MR) is 130 cm³/mol. The first-order valence-corrected chi connectivity index (χ1v) is 11.8. The lowest BCUT2D eigenvalue weighted by Crippen LogP contribution is -2.42. The van der Waals surface area contributed by atoms with Crippen LogP contribution in [-0.4, -0.2) is 29.6 Å². The predicted octanol–water partition coefficient (Wildman–Crippen LogP) is 4.56. The lowest BCUT2D eigenvalue weighted by molar-refractivity contribution is 0.0934. The normalized spacial score (nSPS) is 14.3. The number of thiophene rings is 1. The van der Waals surface area contributed by atoms with Crippen molar-refractivity contribution in [1.82, 2.24) is 15.2 Å². The van der Waals surface area contributed by atoms with Crippen molar-refractivity contribution in [3.8, 4) is 5.69 Å². The van der Waals surface area contributed by atoms with Crippen molar-refractivity contribution < 1.29 is 13.6 Å². The molecule has 1 fully saturated rings. The van der Waals surface area contributed by atoms with E-state index in [0.29, 0.717) is 26.5 Å². The van der Waals surface area contributed by atoms with E-state index in [9.17, 15) is 18.4 Å². The third-order valence-electron chi connectivity index (χ3n) is 5.83. The first kappa shape index (κ1) is 22.2. The highest BCUT2D eigenvalue weighted by Gasteiger charge is 2.25. The Morgan fingerprint density at radius 1 is 1.03 bits per heavy atom. The molecule has 5 rings (SSSR count). The molecule has 1 aliphatic rings. The van der Waals surface area contributed by atoms with Crippen LogP contribution in [0.4, 0.5) is 20.2 Å². The van der Waals surface area contributed by atoms with Gasteiger partial charge in [-0.05, 0) is 56.3 Å². The van der Waals surface area contributed by atoms with E-state index in [-0.39, 0.29) is 23.2 Å². The van der Waals surface area contributed by atoms with E-state index in [4.69, 9.17) is 0 Å². The van der Waals surface area contributed by atoms with Gasteiger partial charge in [-0.2, -0.15) is 0 Å². The number of carbonyl (C=O) groups excluding carboxylic acids is 1. The van der Waals surface area contributed by atoms with Crippen LogP contribution in [0, 0.1) is 11.6 Å². The first-order chi connectivity index (χ1) is 16.5.